The zero-order valence-corrected chi connectivity index (χ0v) is 21.7. The van der Waals surface area contributed by atoms with Crippen molar-refractivity contribution in [3.63, 3.8) is 0 Å². The van der Waals surface area contributed by atoms with Crippen LogP contribution < -0.4 is 0 Å². The van der Waals surface area contributed by atoms with Gasteiger partial charge in [-0.15, -0.1) is 0 Å². The zero-order chi connectivity index (χ0) is 27.6. The maximum absolute atomic E-state index is 12.3. The summed E-state index contributed by atoms with van der Waals surface area (Å²) in [6, 6.07) is 27.8. The molecule has 0 fully saturated rings. The van der Waals surface area contributed by atoms with Gasteiger partial charge >= 0.3 is 11.9 Å². The van der Waals surface area contributed by atoms with E-state index in [1.807, 2.05) is 84.9 Å². The third-order valence-electron chi connectivity index (χ3n) is 6.51. The summed E-state index contributed by atoms with van der Waals surface area (Å²) in [5.41, 5.74) is 1.97. The lowest BCUT2D eigenvalue weighted by Gasteiger charge is -2.09. The fourth-order valence-electron chi connectivity index (χ4n) is 4.42. The predicted octanol–water partition coefficient (Wildman–Crippen LogP) is 5.73. The van der Waals surface area contributed by atoms with Crippen molar-refractivity contribution in [1.82, 2.24) is 0 Å². The zero-order valence-electron chi connectivity index (χ0n) is 21.7. The highest BCUT2D eigenvalue weighted by atomic mass is 16.5. The minimum Gasteiger partial charge on any atom is -0.457 e. The van der Waals surface area contributed by atoms with Crippen molar-refractivity contribution in [1.29, 1.82) is 0 Å². The predicted molar refractivity (Wildman–Crippen MR) is 150 cm³/mol. The molecule has 0 saturated carbocycles. The van der Waals surface area contributed by atoms with Crippen LogP contribution in [0.25, 0.3) is 21.5 Å². The van der Waals surface area contributed by atoms with Crippen molar-refractivity contribution in [2.45, 2.75) is 32.1 Å². The van der Waals surface area contributed by atoms with Gasteiger partial charge in [-0.1, -0.05) is 91.5 Å². The first-order valence-corrected chi connectivity index (χ1v) is 12.9. The number of carbonyl (C=O) groups is 4. The van der Waals surface area contributed by atoms with Crippen molar-refractivity contribution in [3.05, 3.63) is 108 Å². The summed E-state index contributed by atoms with van der Waals surface area (Å²) in [6.45, 7) is 2.79. The van der Waals surface area contributed by atoms with Gasteiger partial charge in [0.15, 0.2) is 11.6 Å². The molecule has 0 amide bonds. The van der Waals surface area contributed by atoms with Crippen molar-refractivity contribution >= 4 is 45.0 Å². The molecule has 0 radical (unpaired) electrons. The quantitative estimate of drug-likeness (QED) is 0.165. The molecular formula is C33H30O6. The Kier molecular flexibility index (Phi) is 9.35. The highest BCUT2D eigenvalue weighted by Gasteiger charge is 2.17. The summed E-state index contributed by atoms with van der Waals surface area (Å²) < 4.78 is 10.1. The first-order valence-electron chi connectivity index (χ1n) is 12.9. The third kappa shape index (κ3) is 7.71. The highest BCUT2D eigenvalue weighted by Crippen LogP contribution is 2.21. The summed E-state index contributed by atoms with van der Waals surface area (Å²) >= 11 is 0. The van der Waals surface area contributed by atoms with E-state index in [2.05, 4.69) is 6.58 Å². The van der Waals surface area contributed by atoms with Gasteiger partial charge in [-0.3, -0.25) is 14.4 Å². The maximum atomic E-state index is 12.3. The average Bonchev–Trinajstić information content (AvgIpc) is 2.96. The second kappa shape index (κ2) is 13.3. The summed E-state index contributed by atoms with van der Waals surface area (Å²) in [6.07, 6.45) is 1.09. The first-order chi connectivity index (χ1) is 18.9. The molecule has 4 aromatic carbocycles. The molecule has 0 saturated heterocycles. The van der Waals surface area contributed by atoms with Crippen LogP contribution in [-0.4, -0.2) is 36.7 Å². The van der Waals surface area contributed by atoms with Gasteiger partial charge in [-0.05, 0) is 45.5 Å². The molecule has 6 heteroatoms. The fourth-order valence-corrected chi connectivity index (χ4v) is 4.42. The van der Waals surface area contributed by atoms with Crippen LogP contribution in [0.3, 0.4) is 0 Å². The van der Waals surface area contributed by atoms with E-state index in [4.69, 9.17) is 9.47 Å². The van der Waals surface area contributed by atoms with Crippen molar-refractivity contribution in [2.75, 3.05) is 13.2 Å². The number of ether oxygens (including phenoxy) is 2. The van der Waals surface area contributed by atoms with Crippen LogP contribution in [0, 0.1) is 0 Å². The number of fused-ring (bicyclic) bond motifs is 2. The Morgan fingerprint density at radius 2 is 1.05 bits per heavy atom. The van der Waals surface area contributed by atoms with Crippen molar-refractivity contribution in [2.24, 2.45) is 0 Å². The van der Waals surface area contributed by atoms with E-state index in [9.17, 15) is 19.2 Å². The molecule has 0 aliphatic carbocycles. The summed E-state index contributed by atoms with van der Waals surface area (Å²) in [4.78, 5) is 48.8. The fraction of sp³-hybridized carbons (Fsp3) is 0.212. The number of Topliss-reactive ketones (excluding diaryl/α,β-unsaturated/α-hetero) is 2. The van der Waals surface area contributed by atoms with Crippen molar-refractivity contribution < 1.29 is 28.7 Å². The molecule has 0 atom stereocenters. The van der Waals surface area contributed by atoms with Crippen LogP contribution in [0.15, 0.2) is 97.1 Å². The van der Waals surface area contributed by atoms with Gasteiger partial charge in [-0.25, -0.2) is 4.79 Å². The molecule has 0 heterocycles. The minimum absolute atomic E-state index is 0.134. The molecule has 6 nitrogen and oxygen atoms in total. The maximum Gasteiger partial charge on any atom is 0.334 e. The Morgan fingerprint density at radius 1 is 0.590 bits per heavy atom. The normalized spacial score (nSPS) is 10.8. The number of rotatable bonds is 13. The van der Waals surface area contributed by atoms with Gasteiger partial charge in [0.05, 0.1) is 6.42 Å². The Morgan fingerprint density at radius 3 is 1.59 bits per heavy atom. The summed E-state index contributed by atoms with van der Waals surface area (Å²) in [7, 11) is 0. The monoisotopic (exact) mass is 522 g/mol. The molecule has 39 heavy (non-hydrogen) atoms. The van der Waals surface area contributed by atoms with Crippen molar-refractivity contribution in [3.8, 4) is 0 Å². The largest absolute Gasteiger partial charge is 0.457 e. The van der Waals surface area contributed by atoms with E-state index in [0.717, 1.165) is 32.7 Å². The molecule has 0 aromatic heterocycles. The van der Waals surface area contributed by atoms with E-state index in [-0.39, 0.29) is 36.6 Å². The van der Waals surface area contributed by atoms with Gasteiger partial charge in [-0.2, -0.15) is 0 Å². The topological polar surface area (TPSA) is 86.7 Å². The van der Waals surface area contributed by atoms with Gasteiger partial charge in [0.1, 0.15) is 13.2 Å². The Bertz CT molecular complexity index is 1520. The smallest absolute Gasteiger partial charge is 0.334 e. The summed E-state index contributed by atoms with van der Waals surface area (Å²) in [5.74, 6) is -2.05. The number of hydrogen-bond donors (Lipinski definition) is 0. The Labute approximate surface area is 227 Å². The molecule has 0 aliphatic rings. The lowest BCUT2D eigenvalue weighted by atomic mass is 10.00. The first kappa shape index (κ1) is 27.5. The van der Waals surface area contributed by atoms with Crippen LogP contribution in [-0.2, 0) is 41.5 Å². The van der Waals surface area contributed by atoms with E-state index < -0.39 is 25.0 Å². The number of benzene rings is 4. The van der Waals surface area contributed by atoms with E-state index in [0.29, 0.717) is 12.8 Å². The molecule has 0 aliphatic heterocycles. The lowest BCUT2D eigenvalue weighted by molar-refractivity contribution is -0.149. The molecule has 0 unspecified atom stereocenters. The Hall–Kier alpha value is -4.58. The second-order valence-corrected chi connectivity index (χ2v) is 9.37. The second-order valence-electron chi connectivity index (χ2n) is 9.37. The molecule has 4 aromatic rings. The standard InChI is InChI=1S/C33H30O6/c1-23(33(37)39-22-29(35)19-17-27-13-7-11-25-9-3-5-15-31(25)27)20-32(36)38-21-28(34)18-16-26-12-6-10-24-8-2-4-14-30(24)26/h2-15H,1,16-22H2. The van der Waals surface area contributed by atoms with Crippen LogP contribution in [0.5, 0.6) is 0 Å². The lowest BCUT2D eigenvalue weighted by Crippen LogP contribution is -2.19. The summed E-state index contributed by atoms with van der Waals surface area (Å²) in [5, 5.41) is 4.38. The van der Waals surface area contributed by atoms with E-state index in [1.165, 1.54) is 0 Å². The van der Waals surface area contributed by atoms with E-state index >= 15 is 0 Å². The van der Waals surface area contributed by atoms with Crippen LogP contribution in [0.4, 0.5) is 0 Å². The number of esters is 2. The molecule has 0 spiro atoms. The SMILES string of the molecule is C=C(CC(=O)OCC(=O)CCc1cccc2ccccc12)C(=O)OCC(=O)CCc1cccc2ccccc12. The van der Waals surface area contributed by atoms with Crippen LogP contribution >= 0.6 is 0 Å². The number of aryl methyl sites for hydroxylation is 2. The molecular weight excluding hydrogens is 492 g/mol. The molecule has 0 N–H and O–H groups in total. The molecule has 198 valence electrons. The number of hydrogen-bond acceptors (Lipinski definition) is 6. The molecule has 4 rings (SSSR count). The van der Waals surface area contributed by atoms with Gasteiger partial charge in [0.2, 0.25) is 0 Å². The van der Waals surface area contributed by atoms with Gasteiger partial charge < -0.3 is 9.47 Å². The van der Waals surface area contributed by atoms with Crippen LogP contribution in [0.1, 0.15) is 30.4 Å². The minimum atomic E-state index is -0.840. The highest BCUT2D eigenvalue weighted by molar-refractivity contribution is 5.95. The third-order valence-corrected chi connectivity index (χ3v) is 6.51. The van der Waals surface area contributed by atoms with Crippen LogP contribution in [0.2, 0.25) is 0 Å². The Balaban J connectivity index is 1.14. The van der Waals surface area contributed by atoms with E-state index in [1.54, 1.807) is 0 Å². The average molecular weight is 523 g/mol. The van der Waals surface area contributed by atoms with Gasteiger partial charge in [0.25, 0.3) is 0 Å². The number of ketones is 2. The van der Waals surface area contributed by atoms with Gasteiger partial charge in [0, 0.05) is 18.4 Å². The molecule has 0 bridgehead atoms. The number of carbonyl (C=O) groups excluding carboxylic acids is 4.